The number of methoxy groups -OCH3 is 1. The Bertz CT molecular complexity index is 1410. The quantitative estimate of drug-likeness (QED) is 0.371. The number of carbonyl (C=O) groups excluding carboxylic acids is 4. The zero-order chi connectivity index (χ0) is 33.2. The van der Waals surface area contributed by atoms with Gasteiger partial charge >= 0.3 is 5.97 Å². The minimum absolute atomic E-state index is 0.0272. The lowest BCUT2D eigenvalue weighted by Crippen LogP contribution is -2.62. The van der Waals surface area contributed by atoms with Crippen LogP contribution in [-0.2, 0) is 41.7 Å². The molecule has 4 bridgehead atoms. The van der Waals surface area contributed by atoms with Gasteiger partial charge in [0.15, 0.2) is 0 Å². The summed E-state index contributed by atoms with van der Waals surface area (Å²) in [5.41, 5.74) is 5.09. The van der Waals surface area contributed by atoms with Crippen molar-refractivity contribution in [2.24, 2.45) is 11.8 Å². The van der Waals surface area contributed by atoms with Gasteiger partial charge in [0.05, 0.1) is 17.7 Å². The molecule has 1 fully saturated rings. The minimum Gasteiger partial charge on any atom is -0.508 e. The van der Waals surface area contributed by atoms with Crippen LogP contribution in [0.15, 0.2) is 48.7 Å². The minimum atomic E-state index is -1.06. The molecule has 0 spiro atoms. The normalized spacial score (nSPS) is 26.3. The Balaban J connectivity index is 1.64. The lowest BCUT2D eigenvalue weighted by Gasteiger charge is -2.35. The number of ether oxygens (including phenoxy) is 2. The molecule has 4 rings (SSSR count). The fraction of sp³-hybridized carbons (Fsp3) is 0.500. The van der Waals surface area contributed by atoms with Gasteiger partial charge in [-0.05, 0) is 73.1 Å². The average Bonchev–Trinajstić information content (AvgIpc) is 3.04. The standard InChI is InChI=1S/C34H45N5O7/c1-21(2)30-32(42)36-28(19-23-9-7-11-26(40)18-23)33(43)39-16-8-12-27(38-39)34(44)46-20-24-14-15-35-25(17-24)10-5-6-13-29(45-4)22(3)31(41)37-30/h5,7,9-11,14-15,17-18,21-22,27-30,38,40H,6,8,12-13,16,19-20H2,1-4H3,(H,36,42)(H,37,41)/b10-5+/t22-,27+,28+,29?,30+/m1/s1. The number of aromatic nitrogens is 1. The van der Waals surface area contributed by atoms with E-state index >= 15 is 0 Å². The number of hydrogen-bond donors (Lipinski definition) is 4. The molecule has 248 valence electrons. The smallest absolute Gasteiger partial charge is 0.325 e. The maximum atomic E-state index is 14.0. The van der Waals surface area contributed by atoms with Gasteiger partial charge in [0.2, 0.25) is 11.8 Å². The molecule has 3 amide bonds. The molecule has 2 aliphatic rings. The first kappa shape index (κ1) is 34.6. The van der Waals surface area contributed by atoms with Gasteiger partial charge in [-0.3, -0.25) is 29.2 Å². The molecule has 1 saturated heterocycles. The predicted molar refractivity (Wildman–Crippen MR) is 171 cm³/mol. The third kappa shape index (κ3) is 9.37. The number of hydrogen-bond acceptors (Lipinski definition) is 9. The van der Waals surface area contributed by atoms with Crippen LogP contribution in [0.4, 0.5) is 0 Å². The third-order valence-corrected chi connectivity index (χ3v) is 8.36. The number of cyclic esters (lactones) is 1. The first-order valence-corrected chi connectivity index (χ1v) is 15.8. The molecule has 1 aromatic heterocycles. The summed E-state index contributed by atoms with van der Waals surface area (Å²) in [5.74, 6) is -2.63. The van der Waals surface area contributed by atoms with E-state index in [4.69, 9.17) is 9.47 Å². The third-order valence-electron chi connectivity index (χ3n) is 8.36. The number of nitrogens with one attached hydrogen (secondary N) is 3. The zero-order valence-electron chi connectivity index (χ0n) is 26.9. The van der Waals surface area contributed by atoms with Crippen LogP contribution >= 0.6 is 0 Å². The van der Waals surface area contributed by atoms with Gasteiger partial charge in [0, 0.05) is 26.3 Å². The van der Waals surface area contributed by atoms with E-state index in [0.29, 0.717) is 43.5 Å². The van der Waals surface area contributed by atoms with E-state index in [2.05, 4.69) is 21.0 Å². The van der Waals surface area contributed by atoms with E-state index in [-0.39, 0.29) is 30.6 Å². The summed E-state index contributed by atoms with van der Waals surface area (Å²) in [4.78, 5) is 58.5. The van der Waals surface area contributed by atoms with Crippen LogP contribution < -0.4 is 16.1 Å². The Hall–Kier alpha value is -4.29. The molecule has 4 N–H and O–H groups in total. The second kappa shape index (κ2) is 16.3. The molecule has 46 heavy (non-hydrogen) atoms. The number of rotatable bonds is 4. The van der Waals surface area contributed by atoms with Crippen molar-refractivity contribution in [2.45, 2.75) is 83.7 Å². The number of phenolic OH excluding ortho intramolecular Hbond substituents is 1. The van der Waals surface area contributed by atoms with Crippen LogP contribution in [0.5, 0.6) is 5.75 Å². The number of nitrogens with zero attached hydrogens (tertiary/aromatic N) is 2. The topological polar surface area (TPSA) is 159 Å². The van der Waals surface area contributed by atoms with Gasteiger partial charge in [0.1, 0.15) is 30.5 Å². The molecule has 12 heteroatoms. The number of hydrazine groups is 1. The maximum Gasteiger partial charge on any atom is 0.325 e. The number of phenols is 1. The Labute approximate surface area is 269 Å². The largest absolute Gasteiger partial charge is 0.508 e. The van der Waals surface area contributed by atoms with Gasteiger partial charge in [0.25, 0.3) is 5.91 Å². The van der Waals surface area contributed by atoms with E-state index in [9.17, 15) is 24.3 Å². The van der Waals surface area contributed by atoms with Crippen molar-refractivity contribution in [2.75, 3.05) is 13.7 Å². The summed E-state index contributed by atoms with van der Waals surface area (Å²) in [6, 6.07) is 7.32. The average molecular weight is 636 g/mol. The highest BCUT2D eigenvalue weighted by molar-refractivity contribution is 5.93. The molecule has 5 atom stereocenters. The molecule has 0 aliphatic carbocycles. The van der Waals surface area contributed by atoms with E-state index in [1.54, 1.807) is 38.4 Å². The number of benzene rings is 1. The van der Waals surface area contributed by atoms with Crippen LogP contribution in [0.3, 0.4) is 0 Å². The summed E-state index contributed by atoms with van der Waals surface area (Å²) in [6.45, 7) is 5.75. The molecular weight excluding hydrogens is 590 g/mol. The maximum absolute atomic E-state index is 14.0. The van der Waals surface area contributed by atoms with E-state index in [1.165, 1.54) is 17.1 Å². The van der Waals surface area contributed by atoms with Gasteiger partial charge in [-0.1, -0.05) is 39.0 Å². The highest BCUT2D eigenvalue weighted by Gasteiger charge is 2.36. The lowest BCUT2D eigenvalue weighted by molar-refractivity contribution is -0.154. The van der Waals surface area contributed by atoms with E-state index < -0.39 is 47.9 Å². The molecule has 0 saturated carbocycles. The van der Waals surface area contributed by atoms with Crippen molar-refractivity contribution >= 4 is 29.8 Å². The fourth-order valence-corrected chi connectivity index (χ4v) is 5.64. The van der Waals surface area contributed by atoms with Crippen molar-refractivity contribution in [1.82, 2.24) is 26.1 Å². The number of allylic oxidation sites excluding steroid dienone is 1. The predicted octanol–water partition coefficient (Wildman–Crippen LogP) is 2.65. The van der Waals surface area contributed by atoms with Gasteiger partial charge in [-0.2, -0.15) is 0 Å². The van der Waals surface area contributed by atoms with Crippen molar-refractivity contribution in [1.29, 1.82) is 0 Å². The highest BCUT2D eigenvalue weighted by Crippen LogP contribution is 2.19. The number of esters is 1. The summed E-state index contributed by atoms with van der Waals surface area (Å²) >= 11 is 0. The Morgan fingerprint density at radius 2 is 1.89 bits per heavy atom. The molecular formula is C34H45N5O7. The second-order valence-electron chi connectivity index (χ2n) is 12.2. The molecule has 2 aromatic rings. The van der Waals surface area contributed by atoms with Crippen LogP contribution in [0, 0.1) is 11.8 Å². The summed E-state index contributed by atoms with van der Waals surface area (Å²) in [6.07, 6.45) is 7.33. The van der Waals surface area contributed by atoms with Gasteiger partial charge < -0.3 is 25.2 Å². The first-order chi connectivity index (χ1) is 22.0. The summed E-state index contributed by atoms with van der Waals surface area (Å²) in [7, 11) is 1.55. The van der Waals surface area contributed by atoms with Crippen molar-refractivity contribution < 1.29 is 33.8 Å². The highest BCUT2D eigenvalue weighted by atomic mass is 16.5. The number of amides is 3. The van der Waals surface area contributed by atoms with Crippen LogP contribution in [-0.4, -0.2) is 76.7 Å². The number of pyridine rings is 1. The Morgan fingerprint density at radius 3 is 2.63 bits per heavy atom. The number of fused-ring (bicyclic) bond motifs is 4. The fourth-order valence-electron chi connectivity index (χ4n) is 5.64. The van der Waals surface area contributed by atoms with E-state index in [0.717, 1.165) is 5.56 Å². The zero-order valence-corrected chi connectivity index (χ0v) is 26.9. The van der Waals surface area contributed by atoms with Crippen molar-refractivity contribution in [3.63, 3.8) is 0 Å². The SMILES string of the molecule is COC1CC/C=C/c2cc(ccn2)COC(=O)[C@@H]2CCCN(N2)C(=O)[C@H](Cc2cccc(O)c2)NC(=O)[C@H](C(C)C)NC(=O)[C@@H]1C. The number of aromatic hydroxyl groups is 1. The monoisotopic (exact) mass is 635 g/mol. The molecule has 1 unspecified atom stereocenters. The number of carbonyl (C=O) groups is 4. The molecule has 1 aromatic carbocycles. The van der Waals surface area contributed by atoms with Crippen LogP contribution in [0.2, 0.25) is 0 Å². The summed E-state index contributed by atoms with van der Waals surface area (Å²) in [5, 5.41) is 17.1. The Morgan fingerprint density at radius 1 is 1.09 bits per heavy atom. The van der Waals surface area contributed by atoms with Gasteiger partial charge in [-0.15, -0.1) is 0 Å². The van der Waals surface area contributed by atoms with Crippen LogP contribution in [0.1, 0.15) is 63.3 Å². The first-order valence-electron chi connectivity index (χ1n) is 15.8. The van der Waals surface area contributed by atoms with Crippen molar-refractivity contribution in [3.8, 4) is 5.75 Å². The summed E-state index contributed by atoms with van der Waals surface area (Å²) < 4.78 is 11.3. The van der Waals surface area contributed by atoms with Gasteiger partial charge in [-0.25, -0.2) is 5.43 Å². The molecule has 3 heterocycles. The van der Waals surface area contributed by atoms with Crippen molar-refractivity contribution in [3.05, 3.63) is 65.5 Å². The second-order valence-corrected chi connectivity index (χ2v) is 12.2. The van der Waals surface area contributed by atoms with Crippen LogP contribution in [0.25, 0.3) is 6.08 Å². The van der Waals surface area contributed by atoms with E-state index in [1.807, 2.05) is 32.1 Å². The Kier molecular flexibility index (Phi) is 12.3. The lowest BCUT2D eigenvalue weighted by atomic mass is 9.96. The molecule has 2 aliphatic heterocycles. The molecule has 0 radical (unpaired) electrons. The molecule has 12 nitrogen and oxygen atoms in total.